The van der Waals surface area contributed by atoms with Gasteiger partial charge in [-0.2, -0.15) is 0 Å². The van der Waals surface area contributed by atoms with E-state index >= 15 is 0 Å². The van der Waals surface area contributed by atoms with Gasteiger partial charge in [-0.1, -0.05) is 18.2 Å². The largest absolute Gasteiger partial charge is 0.443 e. The van der Waals surface area contributed by atoms with Crippen molar-refractivity contribution >= 4 is 26.2 Å². The number of nitrogens with zero attached hydrogens (tertiary/aromatic N) is 1. The molecule has 1 aromatic carbocycles. The van der Waals surface area contributed by atoms with Crippen LogP contribution in [0.2, 0.25) is 0 Å². The minimum Gasteiger partial charge on any atom is -0.443 e. The molecule has 0 saturated carbocycles. The minimum absolute atomic E-state index is 0.422. The third-order valence-corrected chi connectivity index (χ3v) is 5.52. The highest BCUT2D eigenvalue weighted by Gasteiger charge is 2.21. The number of rotatable bonds is 2. The molecular formula is C6H11N4OP3. The Labute approximate surface area is 87.5 Å². The van der Waals surface area contributed by atoms with E-state index in [1.807, 2.05) is 30.3 Å². The number of nitrogens with one attached hydrogen (secondary N) is 2. The van der Waals surface area contributed by atoms with Crippen molar-refractivity contribution in [1.82, 2.24) is 14.3 Å². The molecule has 8 heteroatoms. The Morgan fingerprint density at radius 2 is 2.14 bits per heavy atom. The van der Waals surface area contributed by atoms with Crippen molar-refractivity contribution in [2.24, 2.45) is 5.84 Å². The number of hydrogen-bond acceptors (Lipinski definition) is 5. The fourth-order valence-electron chi connectivity index (χ4n) is 0.908. The zero-order valence-corrected chi connectivity index (χ0v) is 10.2. The van der Waals surface area contributed by atoms with Gasteiger partial charge < -0.3 is 4.52 Å². The molecule has 0 radical (unpaired) electrons. The van der Waals surface area contributed by atoms with Crippen molar-refractivity contribution < 1.29 is 4.52 Å². The molecular weight excluding hydrogens is 237 g/mol. The van der Waals surface area contributed by atoms with Gasteiger partial charge in [0.2, 0.25) is 0 Å². The Balaban J connectivity index is 1.96. The first kappa shape index (κ1) is 10.7. The molecule has 1 fully saturated rings. The lowest BCUT2D eigenvalue weighted by Gasteiger charge is -2.30. The Morgan fingerprint density at radius 3 is 2.86 bits per heavy atom. The van der Waals surface area contributed by atoms with Gasteiger partial charge in [-0.3, -0.25) is 10.7 Å². The summed E-state index contributed by atoms with van der Waals surface area (Å²) in [6, 6.07) is 9.69. The molecule has 0 amide bonds. The highest BCUT2D eigenvalue weighted by Crippen LogP contribution is 2.48. The third-order valence-electron chi connectivity index (χ3n) is 1.52. The normalized spacial score (nSPS) is 26.8. The molecule has 1 aliphatic heterocycles. The summed E-state index contributed by atoms with van der Waals surface area (Å²) >= 11 is 0. The molecule has 0 aliphatic carbocycles. The number of hydrazine groups is 1. The summed E-state index contributed by atoms with van der Waals surface area (Å²) in [6.07, 6.45) is 0. The van der Waals surface area contributed by atoms with Gasteiger partial charge in [-0.15, -0.1) is 4.55 Å². The summed E-state index contributed by atoms with van der Waals surface area (Å²) in [6.45, 7) is 0. The van der Waals surface area contributed by atoms with Crippen LogP contribution in [0.3, 0.4) is 0 Å². The molecule has 3 unspecified atom stereocenters. The summed E-state index contributed by atoms with van der Waals surface area (Å²) in [7, 11) is 0.0505. The maximum atomic E-state index is 5.76. The van der Waals surface area contributed by atoms with E-state index in [1.54, 1.807) is 4.55 Å². The van der Waals surface area contributed by atoms with Crippen LogP contribution in [0.1, 0.15) is 0 Å². The Bertz CT molecular complexity index is 288. The van der Waals surface area contributed by atoms with Gasteiger partial charge >= 0.3 is 0 Å². The van der Waals surface area contributed by atoms with Crippen molar-refractivity contribution in [3.8, 4) is 5.75 Å². The predicted molar refractivity (Wildman–Crippen MR) is 62.9 cm³/mol. The Kier molecular flexibility index (Phi) is 4.03. The van der Waals surface area contributed by atoms with Crippen LogP contribution in [0.4, 0.5) is 0 Å². The zero-order valence-electron chi connectivity index (χ0n) is 7.27. The topological polar surface area (TPSA) is 62.5 Å². The molecule has 0 bridgehead atoms. The first-order chi connectivity index (χ1) is 6.86. The summed E-state index contributed by atoms with van der Waals surface area (Å²) in [4.78, 5) is 6.32. The maximum Gasteiger partial charge on any atom is 0.269 e. The smallest absolute Gasteiger partial charge is 0.269 e. The van der Waals surface area contributed by atoms with E-state index in [9.17, 15) is 0 Å². The van der Waals surface area contributed by atoms with E-state index in [4.69, 9.17) is 10.4 Å². The lowest BCUT2D eigenvalue weighted by atomic mass is 10.3. The van der Waals surface area contributed by atoms with Crippen LogP contribution in [0.5, 0.6) is 5.75 Å². The van der Waals surface area contributed by atoms with E-state index in [-0.39, 0.29) is 0 Å². The van der Waals surface area contributed by atoms with E-state index < -0.39 is 8.45 Å². The first-order valence-corrected chi connectivity index (χ1v) is 7.11. The van der Waals surface area contributed by atoms with Gasteiger partial charge in [0, 0.05) is 17.8 Å². The molecule has 0 aromatic heterocycles. The second kappa shape index (κ2) is 5.29. The highest BCUT2D eigenvalue weighted by atomic mass is 31.2. The molecule has 3 atom stereocenters. The molecule has 1 aliphatic rings. The number of hydrogen-bond donors (Lipinski definition) is 3. The van der Waals surface area contributed by atoms with Gasteiger partial charge in [-0.05, 0) is 12.1 Å². The Hall–Kier alpha value is 0.150. The van der Waals surface area contributed by atoms with E-state index in [0.29, 0.717) is 17.8 Å². The van der Waals surface area contributed by atoms with Gasteiger partial charge in [0.1, 0.15) is 5.75 Å². The summed E-state index contributed by atoms with van der Waals surface area (Å²) in [5, 5.41) is 0. The quantitative estimate of drug-likeness (QED) is 0.549. The first-order valence-electron chi connectivity index (χ1n) is 3.95. The van der Waals surface area contributed by atoms with Gasteiger partial charge in [-0.25, -0.2) is 4.86 Å². The van der Waals surface area contributed by atoms with Crippen LogP contribution in [0.25, 0.3) is 0 Å². The van der Waals surface area contributed by atoms with Crippen molar-refractivity contribution in [3.63, 3.8) is 0 Å². The number of para-hydroxylation sites is 1. The average Bonchev–Trinajstić information content (AvgIpc) is 2.23. The van der Waals surface area contributed by atoms with Crippen LogP contribution in [-0.4, -0.2) is 4.55 Å². The lowest BCUT2D eigenvalue weighted by Crippen LogP contribution is -2.29. The lowest BCUT2D eigenvalue weighted by molar-refractivity contribution is 0.553. The Morgan fingerprint density at radius 1 is 1.36 bits per heavy atom. The molecule has 1 saturated heterocycles. The van der Waals surface area contributed by atoms with Crippen molar-refractivity contribution in [1.29, 1.82) is 0 Å². The third kappa shape index (κ3) is 2.82. The molecule has 5 nitrogen and oxygen atoms in total. The van der Waals surface area contributed by atoms with E-state index in [1.165, 1.54) is 0 Å². The van der Waals surface area contributed by atoms with Crippen molar-refractivity contribution in [2.75, 3.05) is 0 Å². The molecule has 14 heavy (non-hydrogen) atoms. The number of nitrogens with two attached hydrogens (primary N) is 1. The number of benzene rings is 1. The van der Waals surface area contributed by atoms with Crippen LogP contribution >= 0.6 is 26.2 Å². The standard InChI is InChI=1S/C6H11N4OP3/c7-10-13-8-12-9-14(10)11-6-4-2-1-3-5-6/h1-5,8-9,12-13H,7H2. The fraction of sp³-hybridized carbons (Fsp3) is 0. The minimum atomic E-state index is -0.886. The highest BCUT2D eigenvalue weighted by molar-refractivity contribution is 7.70. The maximum absolute atomic E-state index is 5.76. The summed E-state index contributed by atoms with van der Waals surface area (Å²) in [5.74, 6) is 6.60. The molecule has 0 spiro atoms. The predicted octanol–water partition coefficient (Wildman–Crippen LogP) is 1.68. The second-order valence-electron chi connectivity index (χ2n) is 2.50. The molecule has 1 heterocycles. The van der Waals surface area contributed by atoms with Crippen molar-refractivity contribution in [3.05, 3.63) is 30.3 Å². The van der Waals surface area contributed by atoms with Crippen LogP contribution in [0, 0.1) is 0 Å². The van der Waals surface area contributed by atoms with E-state index in [2.05, 4.69) is 9.72 Å². The molecule has 2 rings (SSSR count). The van der Waals surface area contributed by atoms with Crippen LogP contribution < -0.4 is 20.1 Å². The van der Waals surface area contributed by atoms with Gasteiger partial charge in [0.25, 0.3) is 8.45 Å². The molecule has 4 N–H and O–H groups in total. The fourth-order valence-corrected chi connectivity index (χ4v) is 5.11. The van der Waals surface area contributed by atoms with Gasteiger partial charge in [0.15, 0.2) is 0 Å². The summed E-state index contributed by atoms with van der Waals surface area (Å²) in [5.41, 5.74) is 0. The molecule has 1 aromatic rings. The monoisotopic (exact) mass is 248 g/mol. The molecule has 76 valence electrons. The summed E-state index contributed by atoms with van der Waals surface area (Å²) < 4.78 is 7.36. The average molecular weight is 248 g/mol. The van der Waals surface area contributed by atoms with Crippen LogP contribution in [0.15, 0.2) is 30.3 Å². The van der Waals surface area contributed by atoms with Gasteiger partial charge in [0.05, 0.1) is 0 Å². The van der Waals surface area contributed by atoms with Crippen LogP contribution in [-0.2, 0) is 0 Å². The van der Waals surface area contributed by atoms with Crippen molar-refractivity contribution in [2.45, 2.75) is 0 Å². The second-order valence-corrected chi connectivity index (χ2v) is 6.88. The van der Waals surface area contributed by atoms with E-state index in [0.717, 1.165) is 5.75 Å². The SMILES string of the molecule is NN1PNPNP1Oc1ccccc1. The zero-order chi connectivity index (χ0) is 9.80.